The summed E-state index contributed by atoms with van der Waals surface area (Å²) < 4.78 is 13.8. The molecule has 1 N–H and O–H groups in total. The van der Waals surface area contributed by atoms with Gasteiger partial charge < -0.3 is 14.8 Å². The normalized spacial score (nSPS) is 13.1. The summed E-state index contributed by atoms with van der Waals surface area (Å²) in [6.07, 6.45) is 4.43. The molecule has 0 spiro atoms. The number of amides is 2. The number of nitrogens with zero attached hydrogens (tertiary/aromatic N) is 2. The van der Waals surface area contributed by atoms with E-state index in [1.807, 2.05) is 60.5 Å². The van der Waals surface area contributed by atoms with Crippen molar-refractivity contribution in [2.24, 2.45) is 0 Å². The molecule has 0 unspecified atom stereocenters. The number of aryl methyl sites for hydroxylation is 1. The highest BCUT2D eigenvalue weighted by Gasteiger charge is 2.35. The first-order valence-electron chi connectivity index (χ1n) is 12.4. The average molecular weight is 484 g/mol. The van der Waals surface area contributed by atoms with Crippen LogP contribution in [-0.4, -0.2) is 45.7 Å². The predicted molar refractivity (Wildman–Crippen MR) is 139 cm³/mol. The maximum absolute atomic E-state index is 13.8. The van der Waals surface area contributed by atoms with Crippen molar-refractivity contribution in [1.82, 2.24) is 14.8 Å². The van der Waals surface area contributed by atoms with Crippen molar-refractivity contribution in [2.45, 2.75) is 38.8 Å². The summed E-state index contributed by atoms with van der Waals surface area (Å²) in [5, 5.41) is 1.15. The largest absolute Gasteiger partial charge is 0.361 e. The molecule has 5 rings (SSSR count). The van der Waals surface area contributed by atoms with Gasteiger partial charge in [0.2, 0.25) is 5.91 Å². The maximum Gasteiger partial charge on any atom is 0.254 e. The zero-order valence-electron chi connectivity index (χ0n) is 20.4. The van der Waals surface area contributed by atoms with Crippen LogP contribution >= 0.6 is 0 Å². The highest BCUT2D eigenvalue weighted by atomic mass is 19.1. The molecule has 1 aromatic heterocycles. The minimum absolute atomic E-state index is 0.0141. The van der Waals surface area contributed by atoms with Gasteiger partial charge in [0.05, 0.1) is 0 Å². The van der Waals surface area contributed by atoms with Crippen molar-refractivity contribution >= 4 is 22.7 Å². The molecule has 6 heteroatoms. The zero-order chi connectivity index (χ0) is 25.1. The number of H-pyrrole nitrogens is 1. The number of hydrogen-bond acceptors (Lipinski definition) is 2. The van der Waals surface area contributed by atoms with Crippen LogP contribution in [0.4, 0.5) is 4.39 Å². The Bertz CT molecular complexity index is 1370. The van der Waals surface area contributed by atoms with E-state index in [2.05, 4.69) is 11.1 Å². The van der Waals surface area contributed by atoms with Gasteiger partial charge in [-0.2, -0.15) is 0 Å². The fraction of sp³-hybridized carbons (Fsp3) is 0.267. The summed E-state index contributed by atoms with van der Waals surface area (Å²) in [4.78, 5) is 33.6. The lowest BCUT2D eigenvalue weighted by atomic mass is 10.1. The minimum Gasteiger partial charge on any atom is -0.361 e. The molecule has 3 aromatic carbocycles. The van der Waals surface area contributed by atoms with Gasteiger partial charge in [-0.15, -0.1) is 0 Å². The number of rotatable bonds is 9. The summed E-state index contributed by atoms with van der Waals surface area (Å²) >= 11 is 0. The van der Waals surface area contributed by atoms with Crippen LogP contribution < -0.4 is 0 Å². The molecular weight excluding hydrogens is 453 g/mol. The van der Waals surface area contributed by atoms with E-state index in [4.69, 9.17) is 0 Å². The van der Waals surface area contributed by atoms with Crippen LogP contribution in [0.5, 0.6) is 0 Å². The number of benzene rings is 3. The number of para-hydroxylation sites is 1. The fourth-order valence-electron chi connectivity index (χ4n) is 4.59. The third-order valence-corrected chi connectivity index (χ3v) is 6.80. The van der Waals surface area contributed by atoms with Crippen molar-refractivity contribution in [3.05, 3.63) is 107 Å². The fourth-order valence-corrected chi connectivity index (χ4v) is 4.59. The zero-order valence-corrected chi connectivity index (χ0v) is 20.4. The lowest BCUT2D eigenvalue weighted by molar-refractivity contribution is -0.132. The van der Waals surface area contributed by atoms with Gasteiger partial charge in [-0.25, -0.2) is 4.39 Å². The molecular formula is C30H30FN3O2. The van der Waals surface area contributed by atoms with Gasteiger partial charge in [-0.3, -0.25) is 9.59 Å². The molecule has 0 atom stereocenters. The van der Waals surface area contributed by atoms with Crippen LogP contribution in [-0.2, 0) is 17.8 Å². The Balaban J connectivity index is 1.35. The summed E-state index contributed by atoms with van der Waals surface area (Å²) in [6, 6.07) is 22.0. The van der Waals surface area contributed by atoms with Crippen molar-refractivity contribution < 1.29 is 14.0 Å². The number of nitrogens with one attached hydrogen (secondary N) is 1. The van der Waals surface area contributed by atoms with E-state index in [1.165, 1.54) is 18.2 Å². The van der Waals surface area contributed by atoms with Crippen LogP contribution in [0.15, 0.2) is 79.0 Å². The first-order valence-corrected chi connectivity index (χ1v) is 12.4. The van der Waals surface area contributed by atoms with Crippen molar-refractivity contribution in [3.8, 4) is 0 Å². The van der Waals surface area contributed by atoms with E-state index in [0.717, 1.165) is 40.4 Å². The van der Waals surface area contributed by atoms with E-state index in [1.54, 1.807) is 11.0 Å². The number of aromatic amines is 1. The van der Waals surface area contributed by atoms with Gasteiger partial charge in [0, 0.05) is 41.8 Å². The van der Waals surface area contributed by atoms with Gasteiger partial charge in [-0.1, -0.05) is 54.1 Å². The van der Waals surface area contributed by atoms with Crippen LogP contribution in [0, 0.1) is 12.7 Å². The minimum atomic E-state index is -0.456. The molecule has 5 nitrogen and oxygen atoms in total. The highest BCUT2D eigenvalue weighted by Crippen LogP contribution is 2.29. The van der Waals surface area contributed by atoms with Crippen molar-refractivity contribution in [1.29, 1.82) is 0 Å². The molecule has 4 aromatic rings. The SMILES string of the molecule is Cc1ccc(CN(CCc2c[nH]c3ccccc23)C(=O)CN(C(=O)c2cccc(F)c2)C2CC2)cc1. The van der Waals surface area contributed by atoms with E-state index in [-0.39, 0.29) is 30.0 Å². The van der Waals surface area contributed by atoms with Crippen LogP contribution in [0.1, 0.15) is 39.9 Å². The number of fused-ring (bicyclic) bond motifs is 1. The molecule has 1 saturated carbocycles. The summed E-state index contributed by atoms with van der Waals surface area (Å²) in [5.41, 5.74) is 4.71. The van der Waals surface area contributed by atoms with Crippen molar-refractivity contribution in [3.63, 3.8) is 0 Å². The Labute approximate surface area is 210 Å². The molecule has 0 bridgehead atoms. The Morgan fingerprint density at radius 1 is 1.00 bits per heavy atom. The first-order chi connectivity index (χ1) is 17.5. The van der Waals surface area contributed by atoms with E-state index in [9.17, 15) is 14.0 Å². The molecule has 1 aliphatic carbocycles. The quantitative estimate of drug-likeness (QED) is 0.342. The van der Waals surface area contributed by atoms with Gasteiger partial charge in [0.1, 0.15) is 12.4 Å². The van der Waals surface area contributed by atoms with Gasteiger partial charge in [-0.05, 0) is 61.6 Å². The van der Waals surface area contributed by atoms with Gasteiger partial charge in [0.15, 0.2) is 0 Å². The topological polar surface area (TPSA) is 56.4 Å². The van der Waals surface area contributed by atoms with Gasteiger partial charge in [0.25, 0.3) is 5.91 Å². The van der Waals surface area contributed by atoms with E-state index >= 15 is 0 Å². The molecule has 2 amide bonds. The molecule has 0 radical (unpaired) electrons. The second-order valence-corrected chi connectivity index (χ2v) is 9.58. The monoisotopic (exact) mass is 483 g/mol. The standard InChI is InChI=1S/C30H30FN3O2/c1-21-9-11-22(12-10-21)19-33(16-15-24-18-32-28-8-3-2-7-27(24)28)29(35)20-34(26-13-14-26)30(36)23-5-4-6-25(31)17-23/h2-12,17-18,26,32H,13-16,19-20H2,1H3. The average Bonchev–Trinajstić information content (AvgIpc) is 3.65. The predicted octanol–water partition coefficient (Wildman–Crippen LogP) is 5.49. The molecule has 1 heterocycles. The molecule has 1 fully saturated rings. The second kappa shape index (κ2) is 10.4. The van der Waals surface area contributed by atoms with E-state index in [0.29, 0.717) is 19.5 Å². The van der Waals surface area contributed by atoms with Crippen LogP contribution in [0.2, 0.25) is 0 Å². The second-order valence-electron chi connectivity index (χ2n) is 9.58. The molecule has 1 aliphatic rings. The Kier molecular flexibility index (Phi) is 6.85. The summed E-state index contributed by atoms with van der Waals surface area (Å²) in [6.45, 7) is 3.02. The summed E-state index contributed by atoms with van der Waals surface area (Å²) in [5.74, 6) is -0.855. The third-order valence-electron chi connectivity index (χ3n) is 6.80. The lowest BCUT2D eigenvalue weighted by Crippen LogP contribution is -2.44. The summed E-state index contributed by atoms with van der Waals surface area (Å²) in [7, 11) is 0. The van der Waals surface area contributed by atoms with Crippen molar-refractivity contribution in [2.75, 3.05) is 13.1 Å². The van der Waals surface area contributed by atoms with Gasteiger partial charge >= 0.3 is 0 Å². The molecule has 0 aliphatic heterocycles. The van der Waals surface area contributed by atoms with E-state index < -0.39 is 5.82 Å². The first kappa shape index (κ1) is 23.8. The van der Waals surface area contributed by atoms with Crippen LogP contribution in [0.25, 0.3) is 10.9 Å². The Morgan fingerprint density at radius 3 is 2.53 bits per heavy atom. The maximum atomic E-state index is 13.8. The molecule has 36 heavy (non-hydrogen) atoms. The number of carbonyl (C=O) groups excluding carboxylic acids is 2. The lowest BCUT2D eigenvalue weighted by Gasteiger charge is -2.28. The van der Waals surface area contributed by atoms with Crippen LogP contribution in [0.3, 0.4) is 0 Å². The molecule has 0 saturated heterocycles. The third kappa shape index (κ3) is 5.48. The highest BCUT2D eigenvalue weighted by molar-refractivity contribution is 5.97. The smallest absolute Gasteiger partial charge is 0.254 e. The number of carbonyl (C=O) groups is 2. The Morgan fingerprint density at radius 2 is 1.78 bits per heavy atom. The number of halogens is 1. The molecule has 184 valence electrons. The number of hydrogen-bond donors (Lipinski definition) is 1. The number of aromatic nitrogens is 1. The Hall–Kier alpha value is -3.93.